The van der Waals surface area contributed by atoms with Gasteiger partial charge in [0.05, 0.1) is 35.6 Å². The third-order valence-corrected chi connectivity index (χ3v) is 6.64. The Balaban J connectivity index is 1.42. The van der Waals surface area contributed by atoms with Crippen LogP contribution < -0.4 is 10.2 Å². The van der Waals surface area contributed by atoms with Crippen molar-refractivity contribution in [2.24, 2.45) is 0 Å². The number of nitrogens with zero attached hydrogens (tertiary/aromatic N) is 7. The van der Waals surface area contributed by atoms with E-state index >= 15 is 0 Å². The van der Waals surface area contributed by atoms with Crippen molar-refractivity contribution in [2.45, 2.75) is 37.4 Å². The summed E-state index contributed by atoms with van der Waals surface area (Å²) < 4.78 is 0. The molecular weight excluding hydrogens is 456 g/mol. The van der Waals surface area contributed by atoms with Gasteiger partial charge in [-0.1, -0.05) is 0 Å². The maximum Gasteiger partial charge on any atom is 0.162 e. The summed E-state index contributed by atoms with van der Waals surface area (Å²) in [5.74, 6) is 2.76. The van der Waals surface area contributed by atoms with Crippen molar-refractivity contribution in [3.63, 3.8) is 0 Å². The highest BCUT2D eigenvalue weighted by molar-refractivity contribution is 5.94. The van der Waals surface area contributed by atoms with Crippen LogP contribution >= 0.6 is 0 Å². The van der Waals surface area contributed by atoms with Gasteiger partial charge in [-0.3, -0.25) is 4.98 Å². The zero-order chi connectivity index (χ0) is 24.6. The van der Waals surface area contributed by atoms with Crippen LogP contribution in [-0.2, 0) is 0 Å². The molecule has 6 rings (SSSR count). The summed E-state index contributed by atoms with van der Waals surface area (Å²) in [6.45, 7) is 0.878. The Morgan fingerprint density at radius 1 is 0.972 bits per heavy atom. The summed E-state index contributed by atoms with van der Waals surface area (Å²) in [5.41, 5.74) is 3.13. The van der Waals surface area contributed by atoms with Crippen molar-refractivity contribution in [2.75, 3.05) is 23.3 Å². The third-order valence-electron chi connectivity index (χ3n) is 6.64. The van der Waals surface area contributed by atoms with Crippen LogP contribution in [-0.4, -0.2) is 60.4 Å². The van der Waals surface area contributed by atoms with Gasteiger partial charge in [0.15, 0.2) is 5.82 Å². The fraction of sp³-hybridized carbons (Fsp3) is 0.308. The van der Waals surface area contributed by atoms with E-state index < -0.39 is 12.2 Å². The summed E-state index contributed by atoms with van der Waals surface area (Å²) in [6, 6.07) is 9.06. The number of aliphatic hydroxyl groups is 2. The van der Waals surface area contributed by atoms with E-state index in [1.54, 1.807) is 30.7 Å². The number of β-amino-alcohol motifs (C(OH)–C–C–N with tert-alkyl or cyclic N) is 1. The number of anilines is 3. The van der Waals surface area contributed by atoms with Gasteiger partial charge in [-0.15, -0.1) is 0 Å². The summed E-state index contributed by atoms with van der Waals surface area (Å²) >= 11 is 0. The predicted octanol–water partition coefficient (Wildman–Crippen LogP) is 2.91. The highest BCUT2D eigenvalue weighted by atomic mass is 16.3. The number of piperidine rings is 1. The Morgan fingerprint density at radius 2 is 1.78 bits per heavy atom. The Kier molecular flexibility index (Phi) is 5.64. The monoisotopic (exact) mass is 480 g/mol. The number of aromatic nitrogens is 5. The van der Waals surface area contributed by atoms with Crippen molar-refractivity contribution in [1.82, 2.24) is 24.9 Å². The van der Waals surface area contributed by atoms with Crippen LogP contribution in [0.5, 0.6) is 0 Å². The topological polar surface area (TPSA) is 144 Å². The van der Waals surface area contributed by atoms with E-state index in [0.717, 1.165) is 40.7 Å². The van der Waals surface area contributed by atoms with Gasteiger partial charge in [0.1, 0.15) is 17.5 Å². The molecule has 0 unspecified atom stereocenters. The first-order valence-corrected chi connectivity index (χ1v) is 12.0. The van der Waals surface area contributed by atoms with Crippen molar-refractivity contribution in [3.8, 4) is 17.5 Å². The number of hydrogen-bond donors (Lipinski definition) is 3. The second-order valence-corrected chi connectivity index (χ2v) is 9.23. The summed E-state index contributed by atoms with van der Waals surface area (Å²) in [5, 5.41) is 33.7. The van der Waals surface area contributed by atoms with E-state index in [2.05, 4.69) is 26.3 Å². The molecule has 4 aromatic rings. The average Bonchev–Trinajstić information content (AvgIpc) is 3.75. The zero-order valence-corrected chi connectivity index (χ0v) is 19.4. The fourth-order valence-corrected chi connectivity index (χ4v) is 4.60. The van der Waals surface area contributed by atoms with Crippen molar-refractivity contribution in [3.05, 3.63) is 60.2 Å². The highest BCUT2D eigenvalue weighted by Gasteiger charge is 2.32. The number of nitrogens with one attached hydrogen (secondary N) is 1. The van der Waals surface area contributed by atoms with Crippen LogP contribution in [0.25, 0.3) is 22.3 Å². The molecule has 3 N–H and O–H groups in total. The average molecular weight is 481 g/mol. The number of pyridine rings is 3. The molecule has 10 heteroatoms. The molecule has 2 aliphatic rings. The predicted molar refractivity (Wildman–Crippen MR) is 134 cm³/mol. The standard InChI is InChI=1S/C26H24N8O2/c27-11-15-3-6-29-22(9-15)32-23-10-17(4-7-30-23)25-31-19-13-28-12-18(16-1-2-16)24(19)26(33-25)34-8-5-20(35)21(36)14-34/h3-4,6-7,9-10,12-13,16,20-21,35-36H,1-2,5,8,14H2,(H,29,30,32)/t20-,21+/m1/s1. The largest absolute Gasteiger partial charge is 0.390 e. The molecule has 1 saturated heterocycles. The van der Waals surface area contributed by atoms with Gasteiger partial charge in [-0.25, -0.2) is 19.9 Å². The molecule has 2 atom stereocenters. The van der Waals surface area contributed by atoms with Gasteiger partial charge in [0.25, 0.3) is 0 Å². The first kappa shape index (κ1) is 22.3. The smallest absolute Gasteiger partial charge is 0.162 e. The fourth-order valence-electron chi connectivity index (χ4n) is 4.60. The number of nitriles is 1. The Morgan fingerprint density at radius 3 is 2.56 bits per heavy atom. The van der Waals surface area contributed by atoms with Crippen LogP contribution in [0.15, 0.2) is 49.1 Å². The number of hydrogen-bond acceptors (Lipinski definition) is 10. The minimum Gasteiger partial charge on any atom is -0.390 e. The molecule has 0 spiro atoms. The zero-order valence-electron chi connectivity index (χ0n) is 19.4. The van der Waals surface area contributed by atoms with Gasteiger partial charge in [0.2, 0.25) is 0 Å². The van der Waals surface area contributed by atoms with E-state index in [1.165, 1.54) is 0 Å². The van der Waals surface area contributed by atoms with Gasteiger partial charge < -0.3 is 20.4 Å². The molecule has 0 radical (unpaired) electrons. The second-order valence-electron chi connectivity index (χ2n) is 9.23. The molecule has 1 aliphatic heterocycles. The number of aliphatic hydroxyl groups excluding tert-OH is 2. The van der Waals surface area contributed by atoms with Crippen LogP contribution in [0.2, 0.25) is 0 Å². The van der Waals surface area contributed by atoms with E-state index in [9.17, 15) is 10.2 Å². The maximum absolute atomic E-state index is 10.4. The molecular formula is C26H24N8O2. The second kappa shape index (κ2) is 9.11. The molecule has 0 amide bonds. The van der Waals surface area contributed by atoms with Crippen LogP contribution in [0.4, 0.5) is 17.5 Å². The molecule has 4 aromatic heterocycles. The van der Waals surface area contributed by atoms with Crippen molar-refractivity contribution in [1.29, 1.82) is 5.26 Å². The first-order chi connectivity index (χ1) is 17.6. The number of rotatable bonds is 5. The lowest BCUT2D eigenvalue weighted by atomic mass is 10.0. The molecule has 10 nitrogen and oxygen atoms in total. The maximum atomic E-state index is 10.4. The first-order valence-electron chi connectivity index (χ1n) is 12.0. The van der Waals surface area contributed by atoms with E-state index in [1.807, 2.05) is 23.2 Å². The van der Waals surface area contributed by atoms with Crippen LogP contribution in [0.1, 0.15) is 36.3 Å². The van der Waals surface area contributed by atoms with E-state index in [4.69, 9.17) is 15.2 Å². The molecule has 5 heterocycles. The summed E-state index contributed by atoms with van der Waals surface area (Å²) in [4.78, 5) is 25.0. The molecule has 0 bridgehead atoms. The normalized spacial score (nSPS) is 19.8. The SMILES string of the molecule is N#Cc1ccnc(Nc2cc(-c3nc(N4CC[C@@H](O)[C@@H](O)C4)c4c(C5CC5)cncc4n3)ccn2)c1. The quantitative estimate of drug-likeness (QED) is 0.390. The Hall–Kier alpha value is -4.20. The molecule has 180 valence electrons. The minimum atomic E-state index is -0.841. The molecule has 36 heavy (non-hydrogen) atoms. The summed E-state index contributed by atoms with van der Waals surface area (Å²) in [7, 11) is 0. The molecule has 1 aliphatic carbocycles. The number of fused-ring (bicyclic) bond motifs is 1. The van der Waals surface area contributed by atoms with Gasteiger partial charge in [-0.05, 0) is 55.0 Å². The van der Waals surface area contributed by atoms with Gasteiger partial charge in [0, 0.05) is 42.6 Å². The Bertz CT molecular complexity index is 1480. The molecule has 0 aromatic carbocycles. The van der Waals surface area contributed by atoms with Crippen LogP contribution in [0.3, 0.4) is 0 Å². The van der Waals surface area contributed by atoms with E-state index in [-0.39, 0.29) is 0 Å². The third kappa shape index (κ3) is 4.30. The van der Waals surface area contributed by atoms with Gasteiger partial charge >= 0.3 is 0 Å². The molecule has 2 fully saturated rings. The lowest BCUT2D eigenvalue weighted by molar-refractivity contribution is 0.00792. The summed E-state index contributed by atoms with van der Waals surface area (Å²) in [6.07, 6.45) is 8.00. The highest BCUT2D eigenvalue weighted by Crippen LogP contribution is 2.45. The lowest BCUT2D eigenvalue weighted by Crippen LogP contribution is -2.47. The Labute approximate surface area is 207 Å². The van der Waals surface area contributed by atoms with E-state index in [0.29, 0.717) is 48.5 Å². The van der Waals surface area contributed by atoms with Crippen molar-refractivity contribution < 1.29 is 10.2 Å². The van der Waals surface area contributed by atoms with Crippen LogP contribution in [0, 0.1) is 11.3 Å². The molecule has 1 saturated carbocycles. The van der Waals surface area contributed by atoms with Crippen molar-refractivity contribution >= 4 is 28.4 Å². The minimum absolute atomic E-state index is 0.295. The lowest BCUT2D eigenvalue weighted by Gasteiger charge is -2.35. The van der Waals surface area contributed by atoms with Gasteiger partial charge in [-0.2, -0.15) is 5.26 Å².